The monoisotopic (exact) mass is 223 g/mol. The molecule has 0 saturated carbocycles. The molecule has 0 aliphatic carbocycles. The van der Waals surface area contributed by atoms with Crippen LogP contribution in [-0.2, 0) is 6.42 Å². The maximum atomic E-state index is 13.1. The summed E-state index contributed by atoms with van der Waals surface area (Å²) in [5.41, 5.74) is 2.33. The van der Waals surface area contributed by atoms with Gasteiger partial charge in [0.05, 0.1) is 0 Å². The lowest BCUT2D eigenvalue weighted by atomic mass is 9.95. The number of rotatable bonds is 6. The van der Waals surface area contributed by atoms with Crippen LogP contribution in [0, 0.1) is 18.7 Å². The molecule has 1 aromatic rings. The van der Waals surface area contributed by atoms with Gasteiger partial charge in [0.2, 0.25) is 0 Å². The van der Waals surface area contributed by atoms with Gasteiger partial charge in [-0.05, 0) is 62.0 Å². The number of nitrogens with one attached hydrogen (secondary N) is 1. The molecule has 1 N–H and O–H groups in total. The smallest absolute Gasteiger partial charge is 0.123 e. The van der Waals surface area contributed by atoms with Crippen molar-refractivity contribution in [1.29, 1.82) is 0 Å². The highest BCUT2D eigenvalue weighted by Gasteiger charge is 2.06. The summed E-state index contributed by atoms with van der Waals surface area (Å²) in [6, 6.07) is 5.06. The van der Waals surface area contributed by atoms with Gasteiger partial charge in [0, 0.05) is 0 Å². The van der Waals surface area contributed by atoms with Crippen LogP contribution in [0.1, 0.15) is 31.4 Å². The van der Waals surface area contributed by atoms with Crippen LogP contribution in [0.4, 0.5) is 4.39 Å². The van der Waals surface area contributed by atoms with Crippen LogP contribution in [0.25, 0.3) is 0 Å². The quantitative estimate of drug-likeness (QED) is 0.730. The van der Waals surface area contributed by atoms with E-state index in [0.29, 0.717) is 5.92 Å². The number of hydrogen-bond donors (Lipinski definition) is 1. The van der Waals surface area contributed by atoms with Crippen LogP contribution in [0.2, 0.25) is 0 Å². The van der Waals surface area contributed by atoms with E-state index in [4.69, 9.17) is 0 Å². The van der Waals surface area contributed by atoms with E-state index in [1.807, 2.05) is 13.0 Å². The van der Waals surface area contributed by atoms with Gasteiger partial charge in [0.15, 0.2) is 0 Å². The van der Waals surface area contributed by atoms with Crippen molar-refractivity contribution in [2.24, 2.45) is 5.92 Å². The van der Waals surface area contributed by atoms with Gasteiger partial charge >= 0.3 is 0 Å². The molecule has 1 unspecified atom stereocenters. The molecule has 2 heteroatoms. The Labute approximate surface area is 98.1 Å². The van der Waals surface area contributed by atoms with Gasteiger partial charge < -0.3 is 5.32 Å². The van der Waals surface area contributed by atoms with Gasteiger partial charge in [-0.2, -0.15) is 0 Å². The molecule has 1 atom stereocenters. The molecule has 90 valence electrons. The van der Waals surface area contributed by atoms with Crippen LogP contribution in [0.3, 0.4) is 0 Å². The zero-order valence-electron chi connectivity index (χ0n) is 10.5. The Kier molecular flexibility index (Phi) is 5.47. The molecule has 0 aromatic heterocycles. The predicted octanol–water partition coefficient (Wildman–Crippen LogP) is 3.31. The highest BCUT2D eigenvalue weighted by molar-refractivity contribution is 5.26. The van der Waals surface area contributed by atoms with Crippen molar-refractivity contribution in [2.45, 2.75) is 33.6 Å². The fourth-order valence-electron chi connectivity index (χ4n) is 1.86. The van der Waals surface area contributed by atoms with Crippen molar-refractivity contribution in [3.63, 3.8) is 0 Å². The lowest BCUT2D eigenvalue weighted by Crippen LogP contribution is -2.17. The Hall–Kier alpha value is -0.890. The van der Waals surface area contributed by atoms with Gasteiger partial charge in [-0.25, -0.2) is 4.39 Å². The van der Waals surface area contributed by atoms with Crippen molar-refractivity contribution < 1.29 is 4.39 Å². The normalized spacial score (nSPS) is 12.8. The molecular weight excluding hydrogens is 201 g/mol. The molecule has 0 amide bonds. The van der Waals surface area contributed by atoms with E-state index in [-0.39, 0.29) is 5.82 Å². The van der Waals surface area contributed by atoms with Crippen molar-refractivity contribution >= 4 is 0 Å². The maximum absolute atomic E-state index is 13.1. The van der Waals surface area contributed by atoms with Gasteiger partial charge in [-0.1, -0.05) is 19.9 Å². The molecule has 1 nitrogen and oxygen atoms in total. The maximum Gasteiger partial charge on any atom is 0.123 e. The minimum atomic E-state index is -0.125. The fourth-order valence-corrected chi connectivity index (χ4v) is 1.86. The van der Waals surface area contributed by atoms with Crippen LogP contribution in [0.15, 0.2) is 18.2 Å². The largest absolute Gasteiger partial charge is 0.317 e. The van der Waals surface area contributed by atoms with Crippen molar-refractivity contribution in [3.05, 3.63) is 35.1 Å². The van der Waals surface area contributed by atoms with E-state index < -0.39 is 0 Å². The third-order valence-corrected chi connectivity index (χ3v) is 2.94. The first-order chi connectivity index (χ1) is 7.63. The standard InChI is InChI=1S/C14H22FN/c1-4-16-8-7-11(2)9-13-10-14(15)6-5-12(13)3/h5-6,10-11,16H,4,7-9H2,1-3H3. The zero-order chi connectivity index (χ0) is 12.0. The molecule has 0 heterocycles. The van der Waals surface area contributed by atoms with Crippen molar-refractivity contribution in [3.8, 4) is 0 Å². The van der Waals surface area contributed by atoms with Crippen molar-refractivity contribution in [2.75, 3.05) is 13.1 Å². The average molecular weight is 223 g/mol. The summed E-state index contributed by atoms with van der Waals surface area (Å²) in [6.45, 7) is 8.45. The molecule has 0 bridgehead atoms. The molecule has 0 spiro atoms. The number of benzene rings is 1. The molecule has 0 aliphatic heterocycles. The number of halogens is 1. The summed E-state index contributed by atoms with van der Waals surface area (Å²) >= 11 is 0. The van der Waals surface area contributed by atoms with Gasteiger partial charge in [0.25, 0.3) is 0 Å². The zero-order valence-corrected chi connectivity index (χ0v) is 10.5. The first-order valence-electron chi connectivity index (χ1n) is 6.09. The van der Waals surface area contributed by atoms with Crippen LogP contribution < -0.4 is 5.32 Å². The van der Waals surface area contributed by atoms with Gasteiger partial charge in [0.1, 0.15) is 5.82 Å². The van der Waals surface area contributed by atoms with Crippen LogP contribution in [-0.4, -0.2) is 13.1 Å². The van der Waals surface area contributed by atoms with E-state index in [1.54, 1.807) is 6.07 Å². The van der Waals surface area contributed by atoms with Crippen LogP contribution >= 0.6 is 0 Å². The minimum absolute atomic E-state index is 0.125. The Morgan fingerprint density at radius 1 is 1.38 bits per heavy atom. The number of aryl methyl sites for hydroxylation is 1. The molecule has 16 heavy (non-hydrogen) atoms. The summed E-state index contributed by atoms with van der Waals surface area (Å²) < 4.78 is 13.1. The summed E-state index contributed by atoms with van der Waals surface area (Å²) in [6.07, 6.45) is 2.11. The van der Waals surface area contributed by atoms with E-state index in [2.05, 4.69) is 19.2 Å². The molecular formula is C14H22FN. The Morgan fingerprint density at radius 3 is 2.81 bits per heavy atom. The van der Waals surface area contributed by atoms with Crippen molar-refractivity contribution in [1.82, 2.24) is 5.32 Å². The fraction of sp³-hybridized carbons (Fsp3) is 0.571. The van der Waals surface area contributed by atoms with Crippen LogP contribution in [0.5, 0.6) is 0 Å². The molecule has 0 fully saturated rings. The SMILES string of the molecule is CCNCCC(C)Cc1cc(F)ccc1C. The average Bonchev–Trinajstić information content (AvgIpc) is 2.24. The van der Waals surface area contributed by atoms with E-state index in [9.17, 15) is 4.39 Å². The molecule has 0 radical (unpaired) electrons. The lowest BCUT2D eigenvalue weighted by Gasteiger charge is -2.13. The molecule has 0 aliphatic rings. The highest BCUT2D eigenvalue weighted by atomic mass is 19.1. The molecule has 1 rings (SSSR count). The van der Waals surface area contributed by atoms with E-state index >= 15 is 0 Å². The summed E-state index contributed by atoms with van der Waals surface area (Å²) in [7, 11) is 0. The second kappa shape index (κ2) is 6.64. The summed E-state index contributed by atoms with van der Waals surface area (Å²) in [5, 5.41) is 3.32. The lowest BCUT2D eigenvalue weighted by molar-refractivity contribution is 0.502. The molecule has 0 saturated heterocycles. The van der Waals surface area contributed by atoms with E-state index in [1.165, 1.54) is 11.6 Å². The van der Waals surface area contributed by atoms with Gasteiger partial charge in [-0.3, -0.25) is 0 Å². The van der Waals surface area contributed by atoms with Gasteiger partial charge in [-0.15, -0.1) is 0 Å². The topological polar surface area (TPSA) is 12.0 Å². The third-order valence-electron chi connectivity index (χ3n) is 2.94. The second-order valence-corrected chi connectivity index (χ2v) is 4.52. The Bertz CT molecular complexity index is 323. The second-order valence-electron chi connectivity index (χ2n) is 4.52. The Morgan fingerprint density at radius 2 is 2.12 bits per heavy atom. The first kappa shape index (κ1) is 13.2. The van der Waals surface area contributed by atoms with E-state index in [0.717, 1.165) is 31.5 Å². The third kappa shape index (κ3) is 4.31. The summed E-state index contributed by atoms with van der Waals surface area (Å²) in [5.74, 6) is 0.471. The Balaban J connectivity index is 2.48. The summed E-state index contributed by atoms with van der Waals surface area (Å²) in [4.78, 5) is 0. The predicted molar refractivity (Wildman–Crippen MR) is 67.2 cm³/mol. The number of hydrogen-bond acceptors (Lipinski definition) is 1. The minimum Gasteiger partial charge on any atom is -0.317 e. The first-order valence-corrected chi connectivity index (χ1v) is 6.09. The molecule has 1 aromatic carbocycles. The highest BCUT2D eigenvalue weighted by Crippen LogP contribution is 2.16.